The Morgan fingerprint density at radius 1 is 1.47 bits per heavy atom. The Morgan fingerprint density at radius 3 is 2.65 bits per heavy atom. The lowest BCUT2D eigenvalue weighted by Gasteiger charge is -2.19. The maximum absolute atomic E-state index is 11.4. The maximum atomic E-state index is 11.4. The highest BCUT2D eigenvalue weighted by Crippen LogP contribution is 2.06. The van der Waals surface area contributed by atoms with Crippen molar-refractivity contribution in [1.82, 2.24) is 10.3 Å². The van der Waals surface area contributed by atoms with Crippen LogP contribution in [0.25, 0.3) is 0 Å². The number of hydrogen-bond acceptors (Lipinski definition) is 4. The van der Waals surface area contributed by atoms with Crippen LogP contribution in [0.2, 0.25) is 0 Å². The second-order valence-electron chi connectivity index (χ2n) is 4.08. The summed E-state index contributed by atoms with van der Waals surface area (Å²) in [4.78, 5) is 15.3. The highest BCUT2D eigenvalue weighted by Gasteiger charge is 2.16. The van der Waals surface area contributed by atoms with Gasteiger partial charge in [0.2, 0.25) is 0 Å². The fourth-order valence-corrected chi connectivity index (χ4v) is 1.24. The van der Waals surface area contributed by atoms with Crippen molar-refractivity contribution in [2.45, 2.75) is 26.5 Å². The van der Waals surface area contributed by atoms with E-state index < -0.39 is 12.2 Å². The van der Waals surface area contributed by atoms with E-state index in [4.69, 9.17) is 9.84 Å². The quantitative estimate of drug-likeness (QED) is 0.811. The van der Waals surface area contributed by atoms with Crippen LogP contribution in [0.15, 0.2) is 24.5 Å². The predicted octanol–water partition coefficient (Wildman–Crippen LogP) is 1.32. The highest BCUT2D eigenvalue weighted by molar-refractivity contribution is 5.67. The van der Waals surface area contributed by atoms with Gasteiger partial charge in [-0.25, -0.2) is 4.79 Å². The maximum Gasteiger partial charge on any atom is 0.407 e. The van der Waals surface area contributed by atoms with Gasteiger partial charge in [-0.05, 0) is 23.6 Å². The summed E-state index contributed by atoms with van der Waals surface area (Å²) >= 11 is 0. The molecule has 1 amide bonds. The predicted molar refractivity (Wildman–Crippen MR) is 63.3 cm³/mol. The minimum Gasteiger partial charge on any atom is -0.444 e. The van der Waals surface area contributed by atoms with Gasteiger partial charge in [-0.1, -0.05) is 13.8 Å². The van der Waals surface area contributed by atoms with Crippen molar-refractivity contribution in [3.05, 3.63) is 30.1 Å². The Balaban J connectivity index is 2.35. The van der Waals surface area contributed by atoms with Crippen LogP contribution in [-0.4, -0.2) is 28.9 Å². The van der Waals surface area contributed by atoms with Crippen LogP contribution in [0.1, 0.15) is 19.4 Å². The van der Waals surface area contributed by atoms with Crippen LogP contribution in [0.5, 0.6) is 0 Å². The van der Waals surface area contributed by atoms with Crippen LogP contribution in [0.3, 0.4) is 0 Å². The van der Waals surface area contributed by atoms with Gasteiger partial charge in [0.15, 0.2) is 0 Å². The lowest BCUT2D eigenvalue weighted by molar-refractivity contribution is 0.0311. The SMILES string of the molecule is CC(C)[C@H](CO)OC(=O)NCc1ccncc1. The summed E-state index contributed by atoms with van der Waals surface area (Å²) in [5, 5.41) is 11.6. The van der Waals surface area contributed by atoms with Gasteiger partial charge in [0.25, 0.3) is 0 Å². The van der Waals surface area contributed by atoms with E-state index in [1.54, 1.807) is 12.4 Å². The number of ether oxygens (including phenoxy) is 1. The van der Waals surface area contributed by atoms with Crippen molar-refractivity contribution in [2.75, 3.05) is 6.61 Å². The van der Waals surface area contributed by atoms with Crippen LogP contribution >= 0.6 is 0 Å². The Hall–Kier alpha value is -1.62. The smallest absolute Gasteiger partial charge is 0.407 e. The fraction of sp³-hybridized carbons (Fsp3) is 0.500. The Labute approximate surface area is 101 Å². The number of amides is 1. The lowest BCUT2D eigenvalue weighted by atomic mass is 10.1. The molecule has 0 fully saturated rings. The molecule has 0 aromatic carbocycles. The topological polar surface area (TPSA) is 71.5 Å². The zero-order valence-electron chi connectivity index (χ0n) is 10.1. The van der Waals surface area contributed by atoms with Gasteiger partial charge < -0.3 is 15.2 Å². The number of aromatic nitrogens is 1. The molecule has 17 heavy (non-hydrogen) atoms. The number of carbonyl (C=O) groups excluding carboxylic acids is 1. The number of aliphatic hydroxyl groups excluding tert-OH is 1. The summed E-state index contributed by atoms with van der Waals surface area (Å²) in [6.07, 6.45) is 2.34. The van der Waals surface area contributed by atoms with E-state index in [2.05, 4.69) is 10.3 Å². The summed E-state index contributed by atoms with van der Waals surface area (Å²) < 4.78 is 5.07. The van der Waals surface area contributed by atoms with Crippen LogP contribution < -0.4 is 5.32 Å². The first-order valence-electron chi connectivity index (χ1n) is 5.57. The van der Waals surface area contributed by atoms with Crippen LogP contribution in [0, 0.1) is 5.92 Å². The van der Waals surface area contributed by atoms with Crippen molar-refractivity contribution in [2.24, 2.45) is 5.92 Å². The third kappa shape index (κ3) is 4.82. The van der Waals surface area contributed by atoms with Gasteiger partial charge in [0.05, 0.1) is 6.61 Å². The number of pyridine rings is 1. The average molecular weight is 238 g/mol. The van der Waals surface area contributed by atoms with Gasteiger partial charge in [-0.2, -0.15) is 0 Å². The fourth-order valence-electron chi connectivity index (χ4n) is 1.24. The Morgan fingerprint density at radius 2 is 2.12 bits per heavy atom. The summed E-state index contributed by atoms with van der Waals surface area (Å²) in [6.45, 7) is 3.99. The first-order chi connectivity index (χ1) is 8.13. The molecule has 94 valence electrons. The van der Waals surface area contributed by atoms with Crippen molar-refractivity contribution < 1.29 is 14.6 Å². The van der Waals surface area contributed by atoms with Gasteiger partial charge in [0.1, 0.15) is 6.10 Å². The molecule has 1 atom stereocenters. The molecule has 1 heterocycles. The average Bonchev–Trinajstić information content (AvgIpc) is 2.34. The molecule has 5 heteroatoms. The second-order valence-corrected chi connectivity index (χ2v) is 4.08. The van der Waals surface area contributed by atoms with E-state index in [9.17, 15) is 4.79 Å². The summed E-state index contributed by atoms with van der Waals surface area (Å²) in [5.41, 5.74) is 0.946. The van der Waals surface area contributed by atoms with E-state index in [0.717, 1.165) is 5.56 Å². The monoisotopic (exact) mass is 238 g/mol. The van der Waals surface area contributed by atoms with E-state index in [1.807, 2.05) is 26.0 Å². The van der Waals surface area contributed by atoms with Gasteiger partial charge in [-0.15, -0.1) is 0 Å². The number of hydrogen-bond donors (Lipinski definition) is 2. The molecule has 0 radical (unpaired) electrons. The molecule has 0 aliphatic carbocycles. The highest BCUT2D eigenvalue weighted by atomic mass is 16.6. The third-order valence-electron chi connectivity index (χ3n) is 2.37. The van der Waals surface area contributed by atoms with Crippen LogP contribution in [0.4, 0.5) is 4.79 Å². The van der Waals surface area contributed by atoms with Gasteiger partial charge in [0, 0.05) is 18.9 Å². The molecular weight excluding hydrogens is 220 g/mol. The first kappa shape index (κ1) is 13.4. The molecule has 1 aromatic heterocycles. The van der Waals surface area contributed by atoms with Crippen molar-refractivity contribution in [3.8, 4) is 0 Å². The molecule has 0 unspecified atom stereocenters. The van der Waals surface area contributed by atoms with Gasteiger partial charge >= 0.3 is 6.09 Å². The number of aliphatic hydroxyl groups is 1. The summed E-state index contributed by atoms with van der Waals surface area (Å²) in [6, 6.07) is 3.62. The molecule has 0 aliphatic heterocycles. The molecule has 1 rings (SSSR count). The molecule has 5 nitrogen and oxygen atoms in total. The second kappa shape index (κ2) is 6.85. The van der Waals surface area contributed by atoms with E-state index in [1.165, 1.54) is 0 Å². The Bertz CT molecular complexity index is 341. The minimum atomic E-state index is -0.519. The molecule has 0 spiro atoms. The van der Waals surface area contributed by atoms with Crippen molar-refractivity contribution in [1.29, 1.82) is 0 Å². The summed E-state index contributed by atoms with van der Waals surface area (Å²) in [7, 11) is 0. The lowest BCUT2D eigenvalue weighted by Crippen LogP contribution is -2.33. The number of nitrogens with zero attached hydrogens (tertiary/aromatic N) is 1. The van der Waals surface area contributed by atoms with E-state index >= 15 is 0 Å². The minimum absolute atomic E-state index is 0.0895. The van der Waals surface area contributed by atoms with E-state index in [0.29, 0.717) is 6.54 Å². The molecule has 0 aliphatic rings. The molecule has 2 N–H and O–H groups in total. The molecule has 0 bridgehead atoms. The number of carbonyl (C=O) groups is 1. The van der Waals surface area contributed by atoms with Crippen molar-refractivity contribution in [3.63, 3.8) is 0 Å². The zero-order valence-corrected chi connectivity index (χ0v) is 10.1. The number of rotatable bonds is 5. The zero-order chi connectivity index (χ0) is 12.7. The molecule has 0 saturated heterocycles. The number of alkyl carbamates (subject to hydrolysis) is 1. The van der Waals surface area contributed by atoms with Crippen molar-refractivity contribution >= 4 is 6.09 Å². The normalized spacial score (nSPS) is 12.2. The molecule has 0 saturated carbocycles. The largest absolute Gasteiger partial charge is 0.444 e. The molecular formula is C12H18N2O3. The Kier molecular flexibility index (Phi) is 5.42. The molecule has 1 aromatic rings. The van der Waals surface area contributed by atoms with Crippen LogP contribution in [-0.2, 0) is 11.3 Å². The summed E-state index contributed by atoms with van der Waals surface area (Å²) in [5.74, 6) is 0.0895. The van der Waals surface area contributed by atoms with E-state index in [-0.39, 0.29) is 12.5 Å². The standard InChI is InChI=1S/C12H18N2O3/c1-9(2)11(8-15)17-12(16)14-7-10-3-5-13-6-4-10/h3-6,9,11,15H,7-8H2,1-2H3,(H,14,16)/t11-/m0/s1. The number of nitrogens with one attached hydrogen (secondary N) is 1. The van der Waals surface area contributed by atoms with Gasteiger partial charge in [-0.3, -0.25) is 4.98 Å². The third-order valence-corrected chi connectivity index (χ3v) is 2.37. The first-order valence-corrected chi connectivity index (χ1v) is 5.57.